The molecule has 0 unspecified atom stereocenters. The summed E-state index contributed by atoms with van der Waals surface area (Å²) in [5.74, 6) is 0. The number of rotatable bonds is 3. The number of hydrogen-bond donors (Lipinski definition) is 0. The molecule has 4 nitrogen and oxygen atoms in total. The number of hydrogen-bond acceptors (Lipinski definition) is 5. The number of benzene rings is 7. The number of nitrogens with zero attached hydrogens (tertiary/aromatic N) is 1. The van der Waals surface area contributed by atoms with Gasteiger partial charge in [0.15, 0.2) is 5.58 Å². The smallest absolute Gasteiger partial charge is 0.159 e. The molecule has 4 aromatic heterocycles. The van der Waals surface area contributed by atoms with E-state index in [4.69, 9.17) is 13.3 Å². The zero-order valence-electron chi connectivity index (χ0n) is 24.9. The summed E-state index contributed by atoms with van der Waals surface area (Å²) in [5, 5.41) is 8.79. The van der Waals surface area contributed by atoms with Crippen LogP contribution in [0.3, 0.4) is 0 Å². The first-order valence-corrected chi connectivity index (χ1v) is 16.5. The number of thiophene rings is 1. The van der Waals surface area contributed by atoms with Crippen molar-refractivity contribution in [2.45, 2.75) is 0 Å². The standard InChI is InChI=1S/C42H23NO3S/c1-4-18-33-24(10-1)27-13-7-16-31(40(27)45-33)43(32-17-8-14-29-26-12-3-6-21-37(26)47-42(29)32)30-15-9-20-35-38(30)39-36(44-35)23-22-28-25-11-2-5-19-34(25)46-41(28)39/h1-23H. The topological polar surface area (TPSA) is 42.7 Å². The van der Waals surface area contributed by atoms with E-state index in [0.29, 0.717) is 0 Å². The highest BCUT2D eigenvalue weighted by atomic mass is 32.1. The second-order valence-electron chi connectivity index (χ2n) is 12.0. The fraction of sp³-hybridized carbons (Fsp3) is 0. The Balaban J connectivity index is 1.31. The zero-order valence-corrected chi connectivity index (χ0v) is 25.7. The van der Waals surface area contributed by atoms with Crippen molar-refractivity contribution in [3.05, 3.63) is 140 Å². The Morgan fingerprint density at radius 1 is 0.362 bits per heavy atom. The van der Waals surface area contributed by atoms with Crippen molar-refractivity contribution in [2.24, 2.45) is 0 Å². The van der Waals surface area contributed by atoms with Gasteiger partial charge < -0.3 is 18.2 Å². The van der Waals surface area contributed by atoms with E-state index in [9.17, 15) is 0 Å². The molecule has 0 N–H and O–H groups in total. The minimum Gasteiger partial charge on any atom is -0.456 e. The SMILES string of the molecule is c1ccc2c(c1)oc1c(N(c3cccc4c3sc3ccccc34)c3cccc4oc5ccc6c7ccccc7oc6c5c34)cccc12. The van der Waals surface area contributed by atoms with Crippen LogP contribution in [0, 0.1) is 0 Å². The molecule has 11 rings (SSSR count). The van der Waals surface area contributed by atoms with Gasteiger partial charge >= 0.3 is 0 Å². The maximum absolute atomic E-state index is 6.69. The summed E-state index contributed by atoms with van der Waals surface area (Å²) in [7, 11) is 0. The Morgan fingerprint density at radius 3 is 1.77 bits per heavy atom. The van der Waals surface area contributed by atoms with Crippen LogP contribution >= 0.6 is 11.3 Å². The highest BCUT2D eigenvalue weighted by Crippen LogP contribution is 2.51. The molecule has 0 fully saturated rings. The third-order valence-electron chi connectivity index (χ3n) is 9.47. The Morgan fingerprint density at radius 2 is 0.936 bits per heavy atom. The summed E-state index contributed by atoms with van der Waals surface area (Å²) in [6.07, 6.45) is 0. The van der Waals surface area contributed by atoms with Gasteiger partial charge in [0.2, 0.25) is 0 Å². The van der Waals surface area contributed by atoms with Gasteiger partial charge in [0, 0.05) is 37.0 Å². The molecule has 0 saturated heterocycles. The lowest BCUT2D eigenvalue weighted by Gasteiger charge is -2.26. The molecule has 7 aromatic carbocycles. The van der Waals surface area contributed by atoms with E-state index in [1.807, 2.05) is 41.7 Å². The zero-order chi connectivity index (χ0) is 30.6. The first-order chi connectivity index (χ1) is 23.3. The average molecular weight is 622 g/mol. The molecule has 0 spiro atoms. The van der Waals surface area contributed by atoms with Gasteiger partial charge in [0.1, 0.15) is 27.9 Å². The molecule has 0 bridgehead atoms. The molecule has 0 aliphatic heterocycles. The van der Waals surface area contributed by atoms with Gasteiger partial charge in [-0.05, 0) is 54.6 Å². The van der Waals surface area contributed by atoms with Crippen LogP contribution in [0.25, 0.3) is 86.0 Å². The monoisotopic (exact) mass is 621 g/mol. The quantitative estimate of drug-likeness (QED) is 0.197. The molecule has 4 heterocycles. The average Bonchev–Trinajstić information content (AvgIpc) is 3.88. The minimum absolute atomic E-state index is 0.793. The molecule has 220 valence electrons. The van der Waals surface area contributed by atoms with Gasteiger partial charge in [-0.1, -0.05) is 84.9 Å². The molecule has 47 heavy (non-hydrogen) atoms. The molecule has 0 radical (unpaired) electrons. The summed E-state index contributed by atoms with van der Waals surface area (Å²) in [6.45, 7) is 0. The number of para-hydroxylation sites is 3. The Labute approximate surface area is 271 Å². The Hall–Kier alpha value is -6.04. The minimum atomic E-state index is 0.793. The van der Waals surface area contributed by atoms with Crippen molar-refractivity contribution in [1.82, 2.24) is 0 Å². The van der Waals surface area contributed by atoms with Crippen LogP contribution in [-0.2, 0) is 0 Å². The summed E-state index contributed by atoms with van der Waals surface area (Å²) in [5.41, 5.74) is 8.02. The van der Waals surface area contributed by atoms with Gasteiger partial charge in [-0.2, -0.15) is 0 Å². The highest BCUT2D eigenvalue weighted by molar-refractivity contribution is 7.26. The first-order valence-electron chi connectivity index (χ1n) is 15.7. The number of furan rings is 3. The molecular weight excluding hydrogens is 599 g/mol. The van der Waals surface area contributed by atoms with Crippen molar-refractivity contribution in [1.29, 1.82) is 0 Å². The van der Waals surface area contributed by atoms with Gasteiger partial charge in [-0.3, -0.25) is 0 Å². The molecule has 0 amide bonds. The van der Waals surface area contributed by atoms with E-state index in [0.717, 1.165) is 82.9 Å². The lowest BCUT2D eigenvalue weighted by Crippen LogP contribution is -2.10. The van der Waals surface area contributed by atoms with E-state index < -0.39 is 0 Å². The van der Waals surface area contributed by atoms with Crippen molar-refractivity contribution < 1.29 is 13.3 Å². The fourth-order valence-corrected chi connectivity index (χ4v) is 8.67. The normalized spacial score (nSPS) is 12.3. The number of anilines is 3. The predicted octanol–water partition coefficient (Wildman–Crippen LogP) is 13.2. The summed E-state index contributed by atoms with van der Waals surface area (Å²) < 4.78 is 22.3. The van der Waals surface area contributed by atoms with Crippen molar-refractivity contribution >= 4 is 114 Å². The molecule has 0 aliphatic carbocycles. The predicted molar refractivity (Wildman–Crippen MR) is 196 cm³/mol. The summed E-state index contributed by atoms with van der Waals surface area (Å²) in [4.78, 5) is 2.36. The van der Waals surface area contributed by atoms with Crippen LogP contribution in [-0.4, -0.2) is 0 Å². The van der Waals surface area contributed by atoms with Crippen LogP contribution < -0.4 is 4.90 Å². The molecule has 0 aliphatic rings. The van der Waals surface area contributed by atoms with Crippen molar-refractivity contribution in [2.75, 3.05) is 4.90 Å². The molecule has 0 atom stereocenters. The first kappa shape index (κ1) is 25.2. The van der Waals surface area contributed by atoms with Crippen LogP contribution in [0.4, 0.5) is 17.1 Å². The maximum Gasteiger partial charge on any atom is 0.159 e. The third-order valence-corrected chi connectivity index (χ3v) is 10.7. The molecule has 11 aromatic rings. The lowest BCUT2D eigenvalue weighted by atomic mass is 10.0. The van der Waals surface area contributed by atoms with Crippen LogP contribution in [0.15, 0.2) is 153 Å². The molecule has 5 heteroatoms. The maximum atomic E-state index is 6.69. The lowest BCUT2D eigenvalue weighted by molar-refractivity contribution is 0.662. The number of fused-ring (bicyclic) bond motifs is 13. The van der Waals surface area contributed by atoms with E-state index in [2.05, 4.69) is 114 Å². The molecular formula is C42H23NO3S. The highest BCUT2D eigenvalue weighted by Gasteiger charge is 2.26. The van der Waals surface area contributed by atoms with Gasteiger partial charge in [0.05, 0.1) is 32.5 Å². The molecule has 0 saturated carbocycles. The van der Waals surface area contributed by atoms with Crippen LogP contribution in [0.1, 0.15) is 0 Å². The van der Waals surface area contributed by atoms with E-state index in [1.54, 1.807) is 0 Å². The summed E-state index contributed by atoms with van der Waals surface area (Å²) in [6, 6.07) is 48.7. The van der Waals surface area contributed by atoms with E-state index >= 15 is 0 Å². The Bertz CT molecular complexity index is 2930. The summed E-state index contributed by atoms with van der Waals surface area (Å²) >= 11 is 1.82. The van der Waals surface area contributed by atoms with Gasteiger partial charge in [-0.15, -0.1) is 11.3 Å². The largest absolute Gasteiger partial charge is 0.456 e. The van der Waals surface area contributed by atoms with Crippen molar-refractivity contribution in [3.63, 3.8) is 0 Å². The Kier molecular flexibility index (Phi) is 4.96. The third kappa shape index (κ3) is 3.41. The van der Waals surface area contributed by atoms with Gasteiger partial charge in [-0.25, -0.2) is 0 Å². The van der Waals surface area contributed by atoms with E-state index in [1.165, 1.54) is 20.2 Å². The fourth-order valence-electron chi connectivity index (χ4n) is 7.46. The second kappa shape index (κ2) is 9.25. The van der Waals surface area contributed by atoms with E-state index in [-0.39, 0.29) is 0 Å². The van der Waals surface area contributed by atoms with Crippen LogP contribution in [0.2, 0.25) is 0 Å². The van der Waals surface area contributed by atoms with Crippen molar-refractivity contribution in [3.8, 4) is 0 Å². The second-order valence-corrected chi connectivity index (χ2v) is 13.1. The van der Waals surface area contributed by atoms with Gasteiger partial charge in [0.25, 0.3) is 0 Å². The van der Waals surface area contributed by atoms with Crippen LogP contribution in [0.5, 0.6) is 0 Å².